The largest absolute Gasteiger partial charge is 0.353 e. The summed E-state index contributed by atoms with van der Waals surface area (Å²) in [5, 5.41) is 0. The van der Waals surface area contributed by atoms with E-state index >= 15 is 0 Å². The van der Waals surface area contributed by atoms with Crippen LogP contribution in [0.15, 0.2) is 24.4 Å². The minimum absolute atomic E-state index is 0. The maximum Gasteiger partial charge on any atom is 0.240 e. The van der Waals surface area contributed by atoms with E-state index in [0.29, 0.717) is 13.1 Å². The molecule has 5 nitrogen and oxygen atoms in total. The summed E-state index contributed by atoms with van der Waals surface area (Å²) in [5.41, 5.74) is 5.85. The Labute approximate surface area is 145 Å². The van der Waals surface area contributed by atoms with Crippen LogP contribution in [0.3, 0.4) is 0 Å². The van der Waals surface area contributed by atoms with Crippen LogP contribution in [0.5, 0.6) is 0 Å². The average molecular weight is 349 g/mol. The number of hydrogen-bond acceptors (Lipinski definition) is 4. The van der Waals surface area contributed by atoms with Gasteiger partial charge in [0, 0.05) is 32.4 Å². The van der Waals surface area contributed by atoms with Crippen LogP contribution in [0.4, 0.5) is 5.82 Å². The van der Waals surface area contributed by atoms with Crippen molar-refractivity contribution < 1.29 is 4.79 Å². The molecule has 0 radical (unpaired) electrons. The number of carbonyl (C=O) groups is 1. The minimum Gasteiger partial charge on any atom is -0.353 e. The average Bonchev–Trinajstić information content (AvgIpc) is 2.46. The number of rotatable bonds is 2. The molecule has 2 N–H and O–H groups in total. The van der Waals surface area contributed by atoms with Crippen LogP contribution in [-0.2, 0) is 4.79 Å². The predicted octanol–water partition coefficient (Wildman–Crippen LogP) is 1.95. The third kappa shape index (κ3) is 5.00. The van der Waals surface area contributed by atoms with E-state index in [2.05, 4.69) is 9.88 Å². The number of pyridine rings is 1. The van der Waals surface area contributed by atoms with Crippen LogP contribution in [0.25, 0.3) is 0 Å². The number of piperazine rings is 1. The van der Waals surface area contributed by atoms with E-state index in [1.807, 2.05) is 43.9 Å². The van der Waals surface area contributed by atoms with E-state index in [1.54, 1.807) is 6.20 Å². The lowest BCUT2D eigenvalue weighted by Crippen LogP contribution is -2.56. The van der Waals surface area contributed by atoms with Crippen molar-refractivity contribution in [1.29, 1.82) is 0 Å². The van der Waals surface area contributed by atoms with E-state index in [1.165, 1.54) is 0 Å². The van der Waals surface area contributed by atoms with Gasteiger partial charge in [-0.15, -0.1) is 24.8 Å². The fraction of sp³-hybridized carbons (Fsp3) is 0.600. The van der Waals surface area contributed by atoms with E-state index < -0.39 is 6.04 Å². The number of hydrogen-bond donors (Lipinski definition) is 1. The van der Waals surface area contributed by atoms with Gasteiger partial charge in [0.25, 0.3) is 0 Å². The topological polar surface area (TPSA) is 62.5 Å². The van der Waals surface area contributed by atoms with Crippen LogP contribution in [0, 0.1) is 5.41 Å². The van der Waals surface area contributed by atoms with Crippen molar-refractivity contribution in [2.75, 3.05) is 31.1 Å². The third-order valence-electron chi connectivity index (χ3n) is 3.76. The number of halogens is 2. The molecule has 0 saturated carbocycles. The van der Waals surface area contributed by atoms with Crippen LogP contribution < -0.4 is 10.6 Å². The maximum absolute atomic E-state index is 12.4. The zero-order chi connectivity index (χ0) is 14.8. The summed E-state index contributed by atoms with van der Waals surface area (Å²) in [4.78, 5) is 20.8. The van der Waals surface area contributed by atoms with Gasteiger partial charge in [0.15, 0.2) is 0 Å². The van der Waals surface area contributed by atoms with Crippen LogP contribution in [0.1, 0.15) is 20.8 Å². The smallest absolute Gasteiger partial charge is 0.240 e. The molecule has 1 aromatic heterocycles. The first-order chi connectivity index (χ1) is 9.39. The number of amides is 1. The van der Waals surface area contributed by atoms with Gasteiger partial charge in [0.05, 0.1) is 6.04 Å². The van der Waals surface area contributed by atoms with Gasteiger partial charge in [-0.3, -0.25) is 4.79 Å². The first-order valence-electron chi connectivity index (χ1n) is 7.10. The molecule has 0 unspecified atom stereocenters. The van der Waals surface area contributed by atoms with Crippen LogP contribution in [0.2, 0.25) is 0 Å². The zero-order valence-electron chi connectivity index (χ0n) is 13.4. The number of aromatic nitrogens is 1. The van der Waals surface area contributed by atoms with Crippen molar-refractivity contribution in [1.82, 2.24) is 9.88 Å². The molecular weight excluding hydrogens is 323 g/mol. The van der Waals surface area contributed by atoms with Crippen molar-refractivity contribution in [3.8, 4) is 0 Å². The molecule has 1 aliphatic heterocycles. The second-order valence-corrected chi connectivity index (χ2v) is 6.34. The number of carbonyl (C=O) groups excluding carboxylic acids is 1. The number of anilines is 1. The fourth-order valence-corrected chi connectivity index (χ4v) is 2.26. The third-order valence-corrected chi connectivity index (χ3v) is 3.76. The van der Waals surface area contributed by atoms with E-state index in [0.717, 1.165) is 18.9 Å². The summed E-state index contributed by atoms with van der Waals surface area (Å²) in [6, 6.07) is 5.45. The molecule has 0 spiro atoms. The first kappa shape index (κ1) is 21.0. The van der Waals surface area contributed by atoms with Crippen molar-refractivity contribution in [3.05, 3.63) is 24.4 Å². The van der Waals surface area contributed by atoms with E-state index in [9.17, 15) is 4.79 Å². The molecule has 22 heavy (non-hydrogen) atoms. The number of nitrogens with zero attached hydrogens (tertiary/aromatic N) is 3. The summed E-state index contributed by atoms with van der Waals surface area (Å²) in [6.07, 6.45) is 1.79. The Morgan fingerprint density at radius 3 is 2.23 bits per heavy atom. The zero-order valence-corrected chi connectivity index (χ0v) is 15.0. The molecule has 2 heterocycles. The first-order valence-corrected chi connectivity index (χ1v) is 7.10. The molecule has 1 atom stereocenters. The molecule has 1 aromatic rings. The van der Waals surface area contributed by atoms with Gasteiger partial charge >= 0.3 is 0 Å². The minimum atomic E-state index is -0.441. The second kappa shape index (κ2) is 8.56. The normalized spacial score (nSPS) is 16.4. The molecule has 7 heteroatoms. The maximum atomic E-state index is 12.4. The molecule has 1 saturated heterocycles. The highest BCUT2D eigenvalue weighted by molar-refractivity contribution is 5.85. The molecular formula is C15H26Cl2N4O. The summed E-state index contributed by atoms with van der Waals surface area (Å²) in [6.45, 7) is 9.02. The molecule has 0 aromatic carbocycles. The Morgan fingerprint density at radius 1 is 1.18 bits per heavy atom. The van der Waals surface area contributed by atoms with E-state index in [4.69, 9.17) is 5.73 Å². The van der Waals surface area contributed by atoms with Gasteiger partial charge < -0.3 is 15.5 Å². The van der Waals surface area contributed by atoms with Crippen LogP contribution >= 0.6 is 24.8 Å². The van der Waals surface area contributed by atoms with Crippen molar-refractivity contribution in [3.63, 3.8) is 0 Å². The standard InChI is InChI=1S/C15H24N4O.2ClH/c1-15(2,3)13(16)14(20)19-10-8-18(9-11-19)12-6-4-5-7-17-12;;/h4-7,13H,8-11,16H2,1-3H3;2*1H/t13-;;/m1../s1. The Hall–Kier alpha value is -1.04. The van der Waals surface area contributed by atoms with Gasteiger partial charge in [-0.1, -0.05) is 26.8 Å². The van der Waals surface area contributed by atoms with Gasteiger partial charge in [-0.2, -0.15) is 0 Å². The molecule has 1 fully saturated rings. The Morgan fingerprint density at radius 2 is 1.77 bits per heavy atom. The van der Waals surface area contributed by atoms with Crippen molar-refractivity contribution in [2.24, 2.45) is 11.1 Å². The van der Waals surface area contributed by atoms with Gasteiger partial charge in [0.1, 0.15) is 5.82 Å². The lowest BCUT2D eigenvalue weighted by Gasteiger charge is -2.38. The molecule has 0 bridgehead atoms. The Balaban J connectivity index is 0.00000220. The van der Waals surface area contributed by atoms with Crippen molar-refractivity contribution >= 4 is 36.5 Å². The predicted molar refractivity (Wildman–Crippen MR) is 95.0 cm³/mol. The van der Waals surface area contributed by atoms with Gasteiger partial charge in [-0.05, 0) is 17.5 Å². The van der Waals surface area contributed by atoms with E-state index in [-0.39, 0.29) is 36.1 Å². The molecule has 126 valence electrons. The summed E-state index contributed by atoms with van der Waals surface area (Å²) in [7, 11) is 0. The fourth-order valence-electron chi connectivity index (χ4n) is 2.26. The quantitative estimate of drug-likeness (QED) is 0.887. The van der Waals surface area contributed by atoms with Crippen molar-refractivity contribution in [2.45, 2.75) is 26.8 Å². The summed E-state index contributed by atoms with van der Waals surface area (Å²) in [5.74, 6) is 1.03. The highest BCUT2D eigenvalue weighted by atomic mass is 35.5. The Bertz CT molecular complexity index is 456. The highest BCUT2D eigenvalue weighted by Crippen LogP contribution is 2.20. The number of nitrogens with two attached hydrogens (primary N) is 1. The summed E-state index contributed by atoms with van der Waals surface area (Å²) >= 11 is 0. The Kier molecular flexibility index (Phi) is 8.15. The lowest BCUT2D eigenvalue weighted by atomic mass is 9.86. The van der Waals surface area contributed by atoms with Gasteiger partial charge in [-0.25, -0.2) is 4.98 Å². The van der Waals surface area contributed by atoms with Gasteiger partial charge in [0.2, 0.25) is 5.91 Å². The molecule has 2 rings (SSSR count). The second-order valence-electron chi connectivity index (χ2n) is 6.34. The lowest BCUT2D eigenvalue weighted by molar-refractivity contribution is -0.135. The molecule has 1 amide bonds. The molecule has 1 aliphatic rings. The summed E-state index contributed by atoms with van der Waals surface area (Å²) < 4.78 is 0. The SMILES string of the molecule is CC(C)(C)[C@H](N)C(=O)N1CCN(c2ccccn2)CC1.Cl.Cl. The molecule has 0 aliphatic carbocycles. The van der Waals surface area contributed by atoms with Crippen LogP contribution in [-0.4, -0.2) is 48.0 Å². The monoisotopic (exact) mass is 348 g/mol. The highest BCUT2D eigenvalue weighted by Gasteiger charge is 2.32.